The Bertz CT molecular complexity index is 163. The first-order chi connectivity index (χ1) is 5.14. The monoisotopic (exact) mass is 152 g/mol. The molecule has 0 amide bonds. The number of nitrogens with zero attached hydrogens (tertiary/aromatic N) is 1. The third kappa shape index (κ3) is 2.51. The lowest BCUT2D eigenvalue weighted by molar-refractivity contribution is 0.281. The van der Waals surface area contributed by atoms with Crippen LogP contribution in [-0.2, 0) is 0 Å². The predicted octanol–water partition coefficient (Wildman–Crippen LogP) is 1.68. The SMILES string of the molecule is CC(C)(C#N)NCC1CCC1. The summed E-state index contributed by atoms with van der Waals surface area (Å²) >= 11 is 0. The fourth-order valence-electron chi connectivity index (χ4n) is 1.14. The standard InChI is InChI=1S/C9H16N2/c1-9(2,7-10)11-6-8-4-3-5-8/h8,11H,3-6H2,1-2H3. The number of hydrogen-bond acceptors (Lipinski definition) is 2. The molecular formula is C9H16N2. The van der Waals surface area contributed by atoms with Gasteiger partial charge in [-0.25, -0.2) is 0 Å². The first kappa shape index (κ1) is 8.55. The molecule has 2 heteroatoms. The minimum absolute atomic E-state index is 0.338. The molecule has 0 bridgehead atoms. The van der Waals surface area contributed by atoms with Crippen LogP contribution < -0.4 is 5.32 Å². The Morgan fingerprint density at radius 2 is 2.18 bits per heavy atom. The molecule has 0 aliphatic heterocycles. The molecule has 62 valence electrons. The summed E-state index contributed by atoms with van der Waals surface area (Å²) in [5, 5.41) is 11.9. The zero-order valence-electron chi connectivity index (χ0n) is 7.35. The molecule has 0 aromatic heterocycles. The van der Waals surface area contributed by atoms with Crippen molar-refractivity contribution in [3.05, 3.63) is 0 Å². The first-order valence-corrected chi connectivity index (χ1v) is 4.30. The average Bonchev–Trinajstić information content (AvgIpc) is 1.84. The zero-order chi connectivity index (χ0) is 8.32. The van der Waals surface area contributed by atoms with Gasteiger partial charge in [0.25, 0.3) is 0 Å². The maximum absolute atomic E-state index is 8.69. The maximum atomic E-state index is 8.69. The maximum Gasteiger partial charge on any atom is 0.101 e. The number of hydrogen-bond donors (Lipinski definition) is 1. The van der Waals surface area contributed by atoms with E-state index >= 15 is 0 Å². The molecule has 11 heavy (non-hydrogen) atoms. The Morgan fingerprint density at radius 3 is 2.55 bits per heavy atom. The lowest BCUT2D eigenvalue weighted by Gasteiger charge is -2.28. The molecule has 1 saturated carbocycles. The summed E-state index contributed by atoms with van der Waals surface area (Å²) in [6, 6.07) is 2.23. The summed E-state index contributed by atoms with van der Waals surface area (Å²) < 4.78 is 0. The molecule has 1 rings (SSSR count). The minimum Gasteiger partial charge on any atom is -0.300 e. The second kappa shape index (κ2) is 3.23. The van der Waals surface area contributed by atoms with Gasteiger partial charge >= 0.3 is 0 Å². The van der Waals surface area contributed by atoms with Gasteiger partial charge in [-0.15, -0.1) is 0 Å². The topological polar surface area (TPSA) is 35.8 Å². The molecule has 0 aromatic carbocycles. The van der Waals surface area contributed by atoms with Crippen molar-refractivity contribution < 1.29 is 0 Å². The van der Waals surface area contributed by atoms with E-state index in [2.05, 4.69) is 11.4 Å². The lowest BCUT2D eigenvalue weighted by atomic mass is 9.85. The fraction of sp³-hybridized carbons (Fsp3) is 0.889. The van der Waals surface area contributed by atoms with Gasteiger partial charge in [0.1, 0.15) is 5.54 Å². The van der Waals surface area contributed by atoms with Gasteiger partial charge in [-0.3, -0.25) is 5.32 Å². The largest absolute Gasteiger partial charge is 0.300 e. The molecule has 0 saturated heterocycles. The Morgan fingerprint density at radius 1 is 1.55 bits per heavy atom. The number of rotatable bonds is 3. The van der Waals surface area contributed by atoms with Crippen LogP contribution in [-0.4, -0.2) is 12.1 Å². The number of nitrogens with one attached hydrogen (secondary N) is 1. The van der Waals surface area contributed by atoms with Crippen molar-refractivity contribution in [1.29, 1.82) is 5.26 Å². The van der Waals surface area contributed by atoms with Gasteiger partial charge in [0.2, 0.25) is 0 Å². The van der Waals surface area contributed by atoms with Crippen LogP contribution in [0.15, 0.2) is 0 Å². The van der Waals surface area contributed by atoms with Crippen LogP contribution in [0.4, 0.5) is 0 Å². The fourth-order valence-corrected chi connectivity index (χ4v) is 1.14. The second-order valence-corrected chi connectivity index (χ2v) is 3.91. The summed E-state index contributed by atoms with van der Waals surface area (Å²) in [6.07, 6.45) is 4.06. The van der Waals surface area contributed by atoms with Crippen molar-refractivity contribution in [3.8, 4) is 6.07 Å². The molecule has 1 fully saturated rings. The Labute approximate surface area is 68.6 Å². The molecule has 1 aliphatic carbocycles. The van der Waals surface area contributed by atoms with E-state index in [9.17, 15) is 0 Å². The second-order valence-electron chi connectivity index (χ2n) is 3.91. The molecule has 0 unspecified atom stereocenters. The van der Waals surface area contributed by atoms with Gasteiger partial charge in [-0.05, 0) is 39.2 Å². The van der Waals surface area contributed by atoms with Crippen molar-refractivity contribution >= 4 is 0 Å². The summed E-state index contributed by atoms with van der Waals surface area (Å²) in [5.74, 6) is 0.836. The van der Waals surface area contributed by atoms with E-state index < -0.39 is 0 Å². The Hall–Kier alpha value is -0.550. The Balaban J connectivity index is 2.16. The third-order valence-electron chi connectivity index (χ3n) is 2.34. The van der Waals surface area contributed by atoms with Crippen LogP contribution in [0.1, 0.15) is 33.1 Å². The van der Waals surface area contributed by atoms with E-state index in [1.54, 1.807) is 0 Å². The van der Waals surface area contributed by atoms with Crippen molar-refractivity contribution in [2.45, 2.75) is 38.6 Å². The average molecular weight is 152 g/mol. The van der Waals surface area contributed by atoms with Gasteiger partial charge in [0.15, 0.2) is 0 Å². The van der Waals surface area contributed by atoms with E-state index in [0.29, 0.717) is 0 Å². The van der Waals surface area contributed by atoms with Crippen molar-refractivity contribution in [1.82, 2.24) is 5.32 Å². The molecule has 0 spiro atoms. The summed E-state index contributed by atoms with van der Waals surface area (Å²) in [7, 11) is 0. The summed E-state index contributed by atoms with van der Waals surface area (Å²) in [6.45, 7) is 4.86. The van der Waals surface area contributed by atoms with Gasteiger partial charge in [0.05, 0.1) is 6.07 Å². The molecule has 0 aromatic rings. The summed E-state index contributed by atoms with van der Waals surface area (Å²) in [5.41, 5.74) is -0.338. The van der Waals surface area contributed by atoms with Crippen LogP contribution in [0.3, 0.4) is 0 Å². The van der Waals surface area contributed by atoms with Crippen molar-refractivity contribution in [3.63, 3.8) is 0 Å². The van der Waals surface area contributed by atoms with Crippen LogP contribution in [0.5, 0.6) is 0 Å². The predicted molar refractivity (Wildman–Crippen MR) is 45.0 cm³/mol. The van der Waals surface area contributed by atoms with E-state index in [1.165, 1.54) is 19.3 Å². The third-order valence-corrected chi connectivity index (χ3v) is 2.34. The molecule has 1 aliphatic rings. The van der Waals surface area contributed by atoms with Gasteiger partial charge in [0, 0.05) is 0 Å². The van der Waals surface area contributed by atoms with E-state index in [4.69, 9.17) is 5.26 Å². The van der Waals surface area contributed by atoms with Crippen LogP contribution >= 0.6 is 0 Å². The Kier molecular flexibility index (Phi) is 2.51. The highest BCUT2D eigenvalue weighted by molar-refractivity contribution is 5.00. The van der Waals surface area contributed by atoms with Crippen molar-refractivity contribution in [2.24, 2.45) is 5.92 Å². The molecule has 0 radical (unpaired) electrons. The van der Waals surface area contributed by atoms with Crippen LogP contribution in [0, 0.1) is 17.2 Å². The molecule has 2 nitrogen and oxygen atoms in total. The lowest BCUT2D eigenvalue weighted by Crippen LogP contribution is -2.41. The van der Waals surface area contributed by atoms with E-state index in [-0.39, 0.29) is 5.54 Å². The van der Waals surface area contributed by atoms with Crippen LogP contribution in [0.25, 0.3) is 0 Å². The normalized spacial score (nSPS) is 19.0. The minimum atomic E-state index is -0.338. The van der Waals surface area contributed by atoms with Crippen LogP contribution in [0.2, 0.25) is 0 Å². The quantitative estimate of drug-likeness (QED) is 0.667. The highest BCUT2D eigenvalue weighted by Crippen LogP contribution is 2.25. The van der Waals surface area contributed by atoms with Gasteiger partial charge in [-0.2, -0.15) is 5.26 Å². The number of nitriles is 1. The molecular weight excluding hydrogens is 136 g/mol. The van der Waals surface area contributed by atoms with E-state index in [1.807, 2.05) is 13.8 Å². The summed E-state index contributed by atoms with van der Waals surface area (Å²) in [4.78, 5) is 0. The molecule has 0 heterocycles. The molecule has 1 N–H and O–H groups in total. The highest BCUT2D eigenvalue weighted by Gasteiger charge is 2.21. The molecule has 0 atom stereocenters. The van der Waals surface area contributed by atoms with Crippen molar-refractivity contribution in [2.75, 3.05) is 6.54 Å². The first-order valence-electron chi connectivity index (χ1n) is 4.30. The van der Waals surface area contributed by atoms with Gasteiger partial charge in [-0.1, -0.05) is 6.42 Å². The van der Waals surface area contributed by atoms with Gasteiger partial charge < -0.3 is 0 Å². The zero-order valence-corrected chi connectivity index (χ0v) is 7.35. The smallest absolute Gasteiger partial charge is 0.101 e. The van der Waals surface area contributed by atoms with E-state index in [0.717, 1.165) is 12.5 Å². The highest BCUT2D eigenvalue weighted by atomic mass is 15.0.